The SMILES string of the molecule is Cc1cc(C)cc(NC(=O)Nc2ncc(C(C)C)s2)c1. The van der Waals surface area contributed by atoms with E-state index in [1.165, 1.54) is 11.3 Å². The van der Waals surface area contributed by atoms with Gasteiger partial charge in [-0.2, -0.15) is 0 Å². The summed E-state index contributed by atoms with van der Waals surface area (Å²) in [7, 11) is 0. The Labute approximate surface area is 123 Å². The first-order chi connectivity index (χ1) is 9.44. The summed E-state index contributed by atoms with van der Waals surface area (Å²) in [6.45, 7) is 8.22. The van der Waals surface area contributed by atoms with Gasteiger partial charge in [-0.05, 0) is 43.0 Å². The predicted octanol–water partition coefficient (Wildman–Crippen LogP) is 4.53. The van der Waals surface area contributed by atoms with Gasteiger partial charge in [-0.1, -0.05) is 19.9 Å². The average molecular weight is 289 g/mol. The van der Waals surface area contributed by atoms with Crippen LogP contribution >= 0.6 is 11.3 Å². The molecular weight excluding hydrogens is 270 g/mol. The van der Waals surface area contributed by atoms with Crippen molar-refractivity contribution in [1.82, 2.24) is 4.98 Å². The molecule has 4 nitrogen and oxygen atoms in total. The lowest BCUT2D eigenvalue weighted by Crippen LogP contribution is -2.19. The number of rotatable bonds is 3. The lowest BCUT2D eigenvalue weighted by Gasteiger charge is -2.07. The van der Waals surface area contributed by atoms with Crippen molar-refractivity contribution >= 4 is 28.2 Å². The Morgan fingerprint density at radius 2 is 1.80 bits per heavy atom. The summed E-state index contributed by atoms with van der Waals surface area (Å²) in [5.74, 6) is 0.422. The van der Waals surface area contributed by atoms with Gasteiger partial charge in [0, 0.05) is 16.8 Å². The quantitative estimate of drug-likeness (QED) is 0.872. The summed E-state index contributed by atoms with van der Waals surface area (Å²) in [4.78, 5) is 17.3. The molecule has 0 atom stereocenters. The molecule has 5 heteroatoms. The molecule has 2 amide bonds. The van der Waals surface area contributed by atoms with Gasteiger partial charge in [0.05, 0.1) is 0 Å². The first kappa shape index (κ1) is 14.5. The van der Waals surface area contributed by atoms with Crippen molar-refractivity contribution < 1.29 is 4.79 Å². The molecule has 1 aromatic heterocycles. The maximum Gasteiger partial charge on any atom is 0.325 e. The molecule has 0 saturated carbocycles. The number of carbonyl (C=O) groups excluding carboxylic acids is 1. The topological polar surface area (TPSA) is 54.0 Å². The first-order valence-corrected chi connectivity index (χ1v) is 7.37. The number of thiazole rings is 1. The number of nitrogens with one attached hydrogen (secondary N) is 2. The molecular formula is C15H19N3OS. The second-order valence-corrected chi connectivity index (χ2v) is 6.24. The van der Waals surface area contributed by atoms with Gasteiger partial charge in [0.15, 0.2) is 5.13 Å². The van der Waals surface area contributed by atoms with Crippen molar-refractivity contribution in [2.24, 2.45) is 0 Å². The molecule has 0 aliphatic heterocycles. The number of amides is 2. The number of aryl methyl sites for hydroxylation is 2. The second-order valence-electron chi connectivity index (χ2n) is 5.18. The lowest BCUT2D eigenvalue weighted by atomic mass is 10.1. The number of anilines is 2. The summed E-state index contributed by atoms with van der Waals surface area (Å²) in [6, 6.07) is 5.68. The third-order valence-electron chi connectivity index (χ3n) is 2.79. The Morgan fingerprint density at radius 1 is 1.15 bits per heavy atom. The summed E-state index contributed by atoms with van der Waals surface area (Å²) < 4.78 is 0. The molecule has 1 aromatic carbocycles. The first-order valence-electron chi connectivity index (χ1n) is 6.56. The van der Waals surface area contributed by atoms with E-state index in [4.69, 9.17) is 0 Å². The zero-order valence-electron chi connectivity index (χ0n) is 12.2. The van der Waals surface area contributed by atoms with Gasteiger partial charge in [-0.25, -0.2) is 9.78 Å². The number of urea groups is 1. The van der Waals surface area contributed by atoms with Crippen LogP contribution in [0.2, 0.25) is 0 Å². The fourth-order valence-corrected chi connectivity index (χ4v) is 2.73. The molecule has 0 bridgehead atoms. The molecule has 20 heavy (non-hydrogen) atoms. The van der Waals surface area contributed by atoms with Crippen LogP contribution in [0.1, 0.15) is 35.8 Å². The minimum absolute atomic E-state index is 0.264. The molecule has 0 spiro atoms. The normalized spacial score (nSPS) is 10.7. The zero-order chi connectivity index (χ0) is 14.7. The second kappa shape index (κ2) is 6.05. The van der Waals surface area contributed by atoms with Crippen LogP contribution in [-0.4, -0.2) is 11.0 Å². The summed E-state index contributed by atoms with van der Waals surface area (Å²) in [5.41, 5.74) is 3.04. The Bertz CT molecular complexity index is 599. The molecule has 0 radical (unpaired) electrons. The van der Waals surface area contributed by atoms with Crippen LogP contribution in [0.15, 0.2) is 24.4 Å². The van der Waals surface area contributed by atoms with Gasteiger partial charge >= 0.3 is 6.03 Å². The average Bonchev–Trinajstić information content (AvgIpc) is 2.75. The number of nitrogens with zero attached hydrogens (tertiary/aromatic N) is 1. The minimum Gasteiger partial charge on any atom is -0.308 e. The van der Waals surface area contributed by atoms with Crippen LogP contribution in [0, 0.1) is 13.8 Å². The third kappa shape index (κ3) is 3.81. The Balaban J connectivity index is 2.01. The van der Waals surface area contributed by atoms with E-state index in [2.05, 4.69) is 35.5 Å². The number of hydrogen-bond donors (Lipinski definition) is 2. The fourth-order valence-electron chi connectivity index (χ4n) is 1.92. The van der Waals surface area contributed by atoms with Crippen LogP contribution in [-0.2, 0) is 0 Å². The Hall–Kier alpha value is -1.88. The van der Waals surface area contributed by atoms with Crippen LogP contribution in [0.4, 0.5) is 15.6 Å². The van der Waals surface area contributed by atoms with E-state index in [0.29, 0.717) is 11.0 Å². The summed E-state index contributed by atoms with van der Waals surface area (Å²) >= 11 is 1.50. The van der Waals surface area contributed by atoms with Crippen molar-refractivity contribution in [3.05, 3.63) is 40.4 Å². The summed E-state index contributed by atoms with van der Waals surface area (Å²) in [6.07, 6.45) is 1.81. The maximum absolute atomic E-state index is 11.9. The van der Waals surface area contributed by atoms with E-state index in [1.807, 2.05) is 32.2 Å². The van der Waals surface area contributed by atoms with E-state index in [9.17, 15) is 4.79 Å². The highest BCUT2D eigenvalue weighted by Crippen LogP contribution is 2.25. The van der Waals surface area contributed by atoms with E-state index >= 15 is 0 Å². The number of aromatic nitrogens is 1. The molecule has 106 valence electrons. The van der Waals surface area contributed by atoms with E-state index in [1.54, 1.807) is 0 Å². The van der Waals surface area contributed by atoms with Crippen molar-refractivity contribution in [2.75, 3.05) is 10.6 Å². The van der Waals surface area contributed by atoms with Gasteiger partial charge < -0.3 is 5.32 Å². The van der Waals surface area contributed by atoms with Crippen molar-refractivity contribution in [3.63, 3.8) is 0 Å². The van der Waals surface area contributed by atoms with Gasteiger partial charge in [-0.15, -0.1) is 11.3 Å². The van der Waals surface area contributed by atoms with Gasteiger partial charge in [0.25, 0.3) is 0 Å². The number of benzene rings is 1. The molecule has 0 unspecified atom stereocenters. The highest BCUT2D eigenvalue weighted by atomic mass is 32.1. The maximum atomic E-state index is 11.9. The van der Waals surface area contributed by atoms with Crippen LogP contribution in [0.25, 0.3) is 0 Å². The Morgan fingerprint density at radius 3 is 2.35 bits per heavy atom. The number of carbonyl (C=O) groups is 1. The van der Waals surface area contributed by atoms with E-state index < -0.39 is 0 Å². The lowest BCUT2D eigenvalue weighted by molar-refractivity contribution is 0.262. The Kier molecular flexibility index (Phi) is 4.39. The van der Waals surface area contributed by atoms with Crippen molar-refractivity contribution in [1.29, 1.82) is 0 Å². The smallest absolute Gasteiger partial charge is 0.308 e. The minimum atomic E-state index is -0.264. The number of hydrogen-bond acceptors (Lipinski definition) is 3. The summed E-state index contributed by atoms with van der Waals surface area (Å²) in [5, 5.41) is 6.21. The molecule has 2 N–H and O–H groups in total. The molecule has 0 saturated heterocycles. The molecule has 0 aliphatic carbocycles. The van der Waals surface area contributed by atoms with Crippen molar-refractivity contribution in [2.45, 2.75) is 33.6 Å². The van der Waals surface area contributed by atoms with Gasteiger partial charge in [-0.3, -0.25) is 5.32 Å². The predicted molar refractivity (Wildman–Crippen MR) is 84.8 cm³/mol. The molecule has 0 fully saturated rings. The third-order valence-corrected chi connectivity index (χ3v) is 4.01. The monoisotopic (exact) mass is 289 g/mol. The van der Waals surface area contributed by atoms with Gasteiger partial charge in [0.1, 0.15) is 0 Å². The highest BCUT2D eigenvalue weighted by Gasteiger charge is 2.09. The molecule has 2 aromatic rings. The molecule has 0 aliphatic rings. The molecule has 2 rings (SSSR count). The van der Waals surface area contributed by atoms with Crippen LogP contribution in [0.5, 0.6) is 0 Å². The van der Waals surface area contributed by atoms with Gasteiger partial charge in [0.2, 0.25) is 0 Å². The van der Waals surface area contributed by atoms with E-state index in [0.717, 1.165) is 21.7 Å². The van der Waals surface area contributed by atoms with Crippen molar-refractivity contribution in [3.8, 4) is 0 Å². The largest absolute Gasteiger partial charge is 0.325 e. The van der Waals surface area contributed by atoms with Crippen LogP contribution < -0.4 is 10.6 Å². The fraction of sp³-hybridized carbons (Fsp3) is 0.333. The van der Waals surface area contributed by atoms with Crippen LogP contribution in [0.3, 0.4) is 0 Å². The molecule has 1 heterocycles. The zero-order valence-corrected chi connectivity index (χ0v) is 13.0. The van der Waals surface area contributed by atoms with E-state index in [-0.39, 0.29) is 6.03 Å². The standard InChI is InChI=1S/C15H19N3OS/c1-9(2)13-8-16-15(20-13)18-14(19)17-12-6-10(3)5-11(4)7-12/h5-9H,1-4H3,(H2,16,17,18,19). The highest BCUT2D eigenvalue weighted by molar-refractivity contribution is 7.15.